The molecular weight excluding hydrogens is 286 g/mol. The van der Waals surface area contributed by atoms with Gasteiger partial charge in [-0.15, -0.1) is 0 Å². The van der Waals surface area contributed by atoms with E-state index in [4.69, 9.17) is 4.74 Å². The Kier molecular flexibility index (Phi) is 3.30. The number of carbonyl (C=O) groups excluding carboxylic acids is 1. The van der Waals surface area contributed by atoms with Gasteiger partial charge in [-0.25, -0.2) is 4.98 Å². The molecule has 0 aliphatic rings. The first-order valence-corrected chi connectivity index (χ1v) is 6.41. The van der Waals surface area contributed by atoms with Crippen molar-refractivity contribution in [3.8, 4) is 11.6 Å². The monoisotopic (exact) mass is 297 g/mol. The zero-order chi connectivity index (χ0) is 15.7. The molecule has 0 bridgehead atoms. The Balaban J connectivity index is 1.90. The van der Waals surface area contributed by atoms with Gasteiger partial charge in [0.05, 0.1) is 10.6 Å². The van der Waals surface area contributed by atoms with Crippen LogP contribution in [0.15, 0.2) is 42.6 Å². The Morgan fingerprint density at radius 1 is 1.27 bits per heavy atom. The molecule has 0 aliphatic carbocycles. The second kappa shape index (κ2) is 5.28. The molecule has 3 aromatic rings. The Bertz CT molecular complexity index is 868. The molecule has 110 valence electrons. The smallest absolute Gasteiger partial charge is 0.287 e. The van der Waals surface area contributed by atoms with E-state index in [0.717, 1.165) is 23.4 Å². The largest absolute Gasteiger partial charge is 0.439 e. The highest BCUT2D eigenvalue weighted by Crippen LogP contribution is 2.26. The van der Waals surface area contributed by atoms with E-state index < -0.39 is 4.92 Å². The number of fused-ring (bicyclic) bond motifs is 1. The van der Waals surface area contributed by atoms with E-state index in [1.807, 2.05) is 13.1 Å². The molecule has 0 unspecified atom stereocenters. The Morgan fingerprint density at radius 3 is 2.73 bits per heavy atom. The predicted octanol–water partition coefficient (Wildman–Crippen LogP) is 3.09. The molecule has 0 saturated heterocycles. The normalized spacial score (nSPS) is 10.6. The first-order valence-electron chi connectivity index (χ1n) is 6.41. The number of benzene rings is 1. The number of nitrogens with zero attached hydrogens (tertiary/aromatic N) is 3. The number of nitro groups is 1. The molecule has 7 heteroatoms. The van der Waals surface area contributed by atoms with E-state index in [1.54, 1.807) is 22.8 Å². The number of ether oxygens (including phenoxy) is 1. The summed E-state index contributed by atoms with van der Waals surface area (Å²) in [6, 6.07) is 9.89. The number of aldehydes is 1. The van der Waals surface area contributed by atoms with Crippen LogP contribution >= 0.6 is 0 Å². The van der Waals surface area contributed by atoms with Crippen molar-refractivity contribution in [2.45, 2.75) is 0 Å². The van der Waals surface area contributed by atoms with Gasteiger partial charge >= 0.3 is 0 Å². The third-order valence-corrected chi connectivity index (χ3v) is 3.33. The van der Waals surface area contributed by atoms with Crippen molar-refractivity contribution >= 4 is 22.9 Å². The minimum atomic E-state index is -0.520. The van der Waals surface area contributed by atoms with Crippen molar-refractivity contribution in [2.75, 3.05) is 0 Å². The molecule has 0 atom stereocenters. The van der Waals surface area contributed by atoms with Crippen LogP contribution in [0.2, 0.25) is 0 Å². The molecule has 0 radical (unpaired) electrons. The number of hydrogen-bond acceptors (Lipinski definition) is 5. The highest BCUT2D eigenvalue weighted by atomic mass is 16.6. The summed E-state index contributed by atoms with van der Waals surface area (Å²) in [7, 11) is 1.81. The van der Waals surface area contributed by atoms with Crippen LogP contribution in [0.5, 0.6) is 11.6 Å². The predicted molar refractivity (Wildman–Crippen MR) is 79.3 cm³/mol. The molecule has 22 heavy (non-hydrogen) atoms. The summed E-state index contributed by atoms with van der Waals surface area (Å²) < 4.78 is 7.36. The lowest BCUT2D eigenvalue weighted by atomic mass is 10.2. The van der Waals surface area contributed by atoms with Crippen molar-refractivity contribution < 1.29 is 14.5 Å². The molecule has 0 fully saturated rings. The van der Waals surface area contributed by atoms with Gasteiger partial charge in [0.25, 0.3) is 5.69 Å². The van der Waals surface area contributed by atoms with Crippen molar-refractivity contribution in [3.63, 3.8) is 0 Å². The third-order valence-electron chi connectivity index (χ3n) is 3.33. The van der Waals surface area contributed by atoms with Gasteiger partial charge in [-0.3, -0.25) is 14.9 Å². The highest BCUT2D eigenvalue weighted by Gasteiger charge is 2.09. The van der Waals surface area contributed by atoms with Crippen LogP contribution in [0.1, 0.15) is 10.5 Å². The van der Waals surface area contributed by atoms with Gasteiger partial charge in [0.1, 0.15) is 11.9 Å². The maximum absolute atomic E-state index is 10.9. The number of pyridine rings is 1. The number of hydrogen-bond donors (Lipinski definition) is 0. The zero-order valence-corrected chi connectivity index (χ0v) is 11.6. The van der Waals surface area contributed by atoms with Crippen LogP contribution in [0, 0.1) is 10.1 Å². The van der Waals surface area contributed by atoms with Gasteiger partial charge in [0, 0.05) is 30.1 Å². The van der Waals surface area contributed by atoms with Crippen molar-refractivity contribution in [3.05, 3.63) is 58.4 Å². The number of carbonyl (C=O) groups is 1. The molecule has 0 saturated carbocycles. The molecule has 0 amide bonds. The maximum atomic E-state index is 10.9. The molecule has 0 spiro atoms. The van der Waals surface area contributed by atoms with Crippen molar-refractivity contribution in [1.82, 2.24) is 9.55 Å². The summed E-state index contributed by atoms with van der Waals surface area (Å²) in [5, 5.41) is 11.4. The molecule has 2 aromatic heterocycles. The molecule has 3 rings (SSSR count). The number of aromatic nitrogens is 2. The Hall–Kier alpha value is -3.22. The summed E-state index contributed by atoms with van der Waals surface area (Å²) in [4.78, 5) is 24.9. The standard InChI is InChI=1S/C15H11N3O4/c1-17-12(9-19)6-10-7-13(3-4-14(10)17)22-15-5-2-11(8-16-15)18(20)21/h2-9H,1H3. The molecule has 2 heterocycles. The summed E-state index contributed by atoms with van der Waals surface area (Å²) >= 11 is 0. The van der Waals surface area contributed by atoms with Crippen LogP contribution < -0.4 is 4.74 Å². The van der Waals surface area contributed by atoms with Gasteiger partial charge in [-0.05, 0) is 24.3 Å². The fourth-order valence-electron chi connectivity index (χ4n) is 2.19. The topological polar surface area (TPSA) is 87.3 Å². The molecular formula is C15H11N3O4. The summed E-state index contributed by atoms with van der Waals surface area (Å²) in [6.45, 7) is 0. The maximum Gasteiger partial charge on any atom is 0.287 e. The lowest BCUT2D eigenvalue weighted by Gasteiger charge is -2.05. The second-order valence-electron chi connectivity index (χ2n) is 4.68. The van der Waals surface area contributed by atoms with Crippen LogP contribution in [0.3, 0.4) is 0 Å². The van der Waals surface area contributed by atoms with Gasteiger partial charge < -0.3 is 9.30 Å². The van der Waals surface area contributed by atoms with E-state index in [9.17, 15) is 14.9 Å². The van der Waals surface area contributed by atoms with Gasteiger partial charge in [0.15, 0.2) is 6.29 Å². The summed E-state index contributed by atoms with van der Waals surface area (Å²) in [5.74, 6) is 0.799. The highest BCUT2D eigenvalue weighted by molar-refractivity contribution is 5.89. The average molecular weight is 297 g/mol. The zero-order valence-electron chi connectivity index (χ0n) is 11.6. The quantitative estimate of drug-likeness (QED) is 0.419. The first-order chi connectivity index (χ1) is 10.6. The van der Waals surface area contributed by atoms with Gasteiger partial charge in [-0.2, -0.15) is 0 Å². The molecule has 1 aromatic carbocycles. The Morgan fingerprint density at radius 2 is 2.09 bits per heavy atom. The lowest BCUT2D eigenvalue weighted by Crippen LogP contribution is -1.93. The van der Waals surface area contributed by atoms with E-state index in [2.05, 4.69) is 4.98 Å². The van der Waals surface area contributed by atoms with E-state index in [1.165, 1.54) is 12.1 Å². The molecule has 0 aliphatic heterocycles. The van der Waals surface area contributed by atoms with E-state index in [-0.39, 0.29) is 11.6 Å². The van der Waals surface area contributed by atoms with Gasteiger partial charge in [-0.1, -0.05) is 0 Å². The van der Waals surface area contributed by atoms with Crippen LogP contribution in [-0.4, -0.2) is 20.8 Å². The van der Waals surface area contributed by atoms with Crippen molar-refractivity contribution in [1.29, 1.82) is 0 Å². The van der Waals surface area contributed by atoms with Crippen LogP contribution in [0.25, 0.3) is 10.9 Å². The van der Waals surface area contributed by atoms with Gasteiger partial charge in [0.2, 0.25) is 5.88 Å². The van der Waals surface area contributed by atoms with Crippen LogP contribution in [-0.2, 0) is 7.05 Å². The summed E-state index contributed by atoms with van der Waals surface area (Å²) in [5.41, 5.74) is 1.38. The number of aryl methyl sites for hydroxylation is 1. The minimum absolute atomic E-state index is 0.0958. The Labute approximate surface area is 124 Å². The first kappa shape index (κ1) is 13.7. The minimum Gasteiger partial charge on any atom is -0.439 e. The van der Waals surface area contributed by atoms with Crippen molar-refractivity contribution in [2.24, 2.45) is 7.05 Å². The van der Waals surface area contributed by atoms with E-state index >= 15 is 0 Å². The third kappa shape index (κ3) is 2.39. The summed E-state index contributed by atoms with van der Waals surface area (Å²) in [6.07, 6.45) is 1.93. The fraction of sp³-hybridized carbons (Fsp3) is 0.0667. The molecule has 0 N–H and O–H groups in total. The fourth-order valence-corrected chi connectivity index (χ4v) is 2.19. The van der Waals surface area contributed by atoms with Crippen LogP contribution in [0.4, 0.5) is 5.69 Å². The second-order valence-corrected chi connectivity index (χ2v) is 4.68. The SMILES string of the molecule is Cn1c(C=O)cc2cc(Oc3ccc([N+](=O)[O-])cn3)ccc21. The lowest BCUT2D eigenvalue weighted by molar-refractivity contribution is -0.385. The van der Waals surface area contributed by atoms with E-state index in [0.29, 0.717) is 11.4 Å². The average Bonchev–Trinajstić information content (AvgIpc) is 2.83. The number of rotatable bonds is 4. The molecule has 7 nitrogen and oxygen atoms in total.